The van der Waals surface area contributed by atoms with Crippen LogP contribution in [0.3, 0.4) is 0 Å². The van der Waals surface area contributed by atoms with Crippen molar-refractivity contribution in [1.82, 2.24) is 0 Å². The predicted octanol–water partition coefficient (Wildman–Crippen LogP) is 7.25. The van der Waals surface area contributed by atoms with Gasteiger partial charge in [-0.05, 0) is 72.7 Å². The highest BCUT2D eigenvalue weighted by atomic mass is 35.5. The molecule has 0 unspecified atom stereocenters. The molecule has 7 rings (SSSR count). The number of allylic oxidation sites excluding steroid dienone is 1. The number of anilines is 2. The Morgan fingerprint density at radius 1 is 0.907 bits per heavy atom. The van der Waals surface area contributed by atoms with Gasteiger partial charge in [-0.2, -0.15) is 0 Å². The van der Waals surface area contributed by atoms with E-state index in [9.17, 15) is 14.4 Å². The molecule has 1 saturated heterocycles. The van der Waals surface area contributed by atoms with Crippen LogP contribution in [-0.2, 0) is 10.2 Å². The molecular formula is C35H26Cl2N2O4. The third kappa shape index (κ3) is 3.90. The number of rotatable bonds is 5. The van der Waals surface area contributed by atoms with E-state index in [0.717, 1.165) is 16.8 Å². The Balaban J connectivity index is 1.55. The van der Waals surface area contributed by atoms with Crippen molar-refractivity contribution >= 4 is 57.6 Å². The van der Waals surface area contributed by atoms with Gasteiger partial charge in [-0.15, -0.1) is 0 Å². The Morgan fingerprint density at radius 3 is 2.37 bits per heavy atom. The molecule has 214 valence electrons. The van der Waals surface area contributed by atoms with E-state index in [-0.39, 0.29) is 22.3 Å². The maximum Gasteiger partial charge on any atom is 0.238 e. The Kier molecular flexibility index (Phi) is 6.45. The number of fused-ring (bicyclic) bond motifs is 6. The highest BCUT2D eigenvalue weighted by Gasteiger charge is 2.70. The molecule has 0 aliphatic carbocycles. The summed E-state index contributed by atoms with van der Waals surface area (Å²) in [5.41, 5.74) is 3.15. The van der Waals surface area contributed by atoms with Crippen LogP contribution < -0.4 is 15.0 Å². The van der Waals surface area contributed by atoms with Gasteiger partial charge in [0, 0.05) is 33.1 Å². The minimum Gasteiger partial charge on any atom is -0.497 e. The molecule has 4 aromatic carbocycles. The lowest BCUT2D eigenvalue weighted by Crippen LogP contribution is -2.51. The molecule has 1 fully saturated rings. The first kappa shape index (κ1) is 27.4. The van der Waals surface area contributed by atoms with Crippen molar-refractivity contribution in [3.05, 3.63) is 129 Å². The molecule has 4 atom stereocenters. The van der Waals surface area contributed by atoms with Crippen LogP contribution in [0.4, 0.5) is 11.4 Å². The number of hydrogen-bond acceptors (Lipinski definition) is 5. The summed E-state index contributed by atoms with van der Waals surface area (Å²) >= 11 is 12.8. The van der Waals surface area contributed by atoms with E-state index in [4.69, 9.17) is 27.9 Å². The van der Waals surface area contributed by atoms with E-state index in [2.05, 4.69) is 5.32 Å². The Labute approximate surface area is 258 Å². The fourth-order valence-corrected chi connectivity index (χ4v) is 7.67. The third-order valence-corrected chi connectivity index (χ3v) is 9.55. The Morgan fingerprint density at radius 2 is 1.63 bits per heavy atom. The van der Waals surface area contributed by atoms with Gasteiger partial charge in [0.15, 0.2) is 11.6 Å². The number of carbonyl (C=O) groups is 3. The van der Waals surface area contributed by atoms with Crippen LogP contribution in [0, 0.1) is 5.92 Å². The van der Waals surface area contributed by atoms with Gasteiger partial charge in [0.05, 0.1) is 24.1 Å². The normalized spacial score (nSPS) is 23.3. The van der Waals surface area contributed by atoms with Gasteiger partial charge in [-0.1, -0.05) is 65.7 Å². The molecule has 8 heteroatoms. The summed E-state index contributed by atoms with van der Waals surface area (Å²) in [4.78, 5) is 46.2. The van der Waals surface area contributed by atoms with E-state index in [1.807, 2.05) is 66.4 Å². The number of para-hydroxylation sites is 2. The van der Waals surface area contributed by atoms with Gasteiger partial charge in [0.2, 0.25) is 5.91 Å². The molecule has 0 radical (unpaired) electrons. The zero-order chi connectivity index (χ0) is 30.0. The second-order valence-corrected chi connectivity index (χ2v) is 11.9. The Hall–Kier alpha value is -4.39. The lowest BCUT2D eigenvalue weighted by Gasteiger charge is -2.39. The third-order valence-electron chi connectivity index (χ3n) is 9.01. The lowest BCUT2D eigenvalue weighted by molar-refractivity contribution is -0.121. The molecule has 0 saturated carbocycles. The SMILES string of the molecule is COc1ccc(C(=O)[C@@H]2[C@@H](C(=O)c3ccc(Cl)cc3Cl)[C@]3(C(=O)Nc4ccccc43)[C@H]3C=C(C)c4ccccc4N23)cc1. The number of carbonyl (C=O) groups excluding carboxylic acids is 3. The molecule has 0 bridgehead atoms. The second kappa shape index (κ2) is 10.1. The minimum absolute atomic E-state index is 0.159. The topological polar surface area (TPSA) is 75.7 Å². The fourth-order valence-electron chi connectivity index (χ4n) is 7.17. The van der Waals surface area contributed by atoms with Gasteiger partial charge in [-0.25, -0.2) is 0 Å². The van der Waals surface area contributed by atoms with E-state index >= 15 is 0 Å². The summed E-state index contributed by atoms with van der Waals surface area (Å²) < 4.78 is 5.33. The number of halogens is 2. The maximum absolute atomic E-state index is 15.0. The molecule has 3 heterocycles. The average Bonchev–Trinajstić information content (AvgIpc) is 3.49. The quantitative estimate of drug-likeness (QED) is 0.242. The Bertz CT molecular complexity index is 1870. The largest absolute Gasteiger partial charge is 0.497 e. The van der Waals surface area contributed by atoms with Gasteiger partial charge in [0.25, 0.3) is 0 Å². The summed E-state index contributed by atoms with van der Waals surface area (Å²) in [6.45, 7) is 1.99. The van der Waals surface area contributed by atoms with Crippen molar-refractivity contribution in [2.75, 3.05) is 17.3 Å². The highest BCUT2D eigenvalue weighted by molar-refractivity contribution is 6.37. The van der Waals surface area contributed by atoms with Crippen LogP contribution in [0.15, 0.2) is 97.1 Å². The monoisotopic (exact) mass is 608 g/mol. The van der Waals surface area contributed by atoms with Crippen molar-refractivity contribution in [3.8, 4) is 5.75 Å². The van der Waals surface area contributed by atoms with Crippen LogP contribution in [0.5, 0.6) is 5.75 Å². The molecule has 1 amide bonds. The van der Waals surface area contributed by atoms with E-state index in [1.54, 1.807) is 43.5 Å². The predicted molar refractivity (Wildman–Crippen MR) is 169 cm³/mol. The number of nitrogens with zero attached hydrogens (tertiary/aromatic N) is 1. The number of Topliss-reactive ketones (excluding diaryl/α,β-unsaturated/α-hetero) is 2. The lowest BCUT2D eigenvalue weighted by atomic mass is 9.64. The standard InChI is InChI=1S/C35H26Cl2N2O4/c1-19-17-29-35(25-8-4-5-9-27(25)38-34(35)42)30(33(41)24-16-13-21(36)18-26(24)37)31(39(29)28-10-6-3-7-23(19)28)32(40)20-11-14-22(43-2)15-12-20/h3-18,29-31H,1-2H3,(H,38,42)/t29-,30+,31+,35-/m1/s1. The number of benzene rings is 4. The number of nitrogens with one attached hydrogen (secondary N) is 1. The molecular weight excluding hydrogens is 583 g/mol. The first-order chi connectivity index (χ1) is 20.8. The molecule has 3 aliphatic rings. The number of methoxy groups -OCH3 is 1. The fraction of sp³-hybridized carbons (Fsp3) is 0.171. The highest BCUT2D eigenvalue weighted by Crippen LogP contribution is 2.59. The van der Waals surface area contributed by atoms with Crippen LogP contribution in [0.1, 0.15) is 38.8 Å². The van der Waals surface area contributed by atoms with Crippen LogP contribution in [-0.4, -0.2) is 36.7 Å². The summed E-state index contributed by atoms with van der Waals surface area (Å²) in [6, 6.07) is 25.0. The molecule has 6 nitrogen and oxygen atoms in total. The van der Waals surface area contributed by atoms with Crippen molar-refractivity contribution in [2.45, 2.75) is 24.4 Å². The van der Waals surface area contributed by atoms with Gasteiger partial charge < -0.3 is 15.0 Å². The molecule has 4 aromatic rings. The van der Waals surface area contributed by atoms with E-state index in [0.29, 0.717) is 27.6 Å². The zero-order valence-corrected chi connectivity index (χ0v) is 24.8. The molecule has 43 heavy (non-hydrogen) atoms. The van der Waals surface area contributed by atoms with Gasteiger partial charge in [0.1, 0.15) is 17.2 Å². The number of ketones is 2. The second-order valence-electron chi connectivity index (χ2n) is 11.1. The van der Waals surface area contributed by atoms with Crippen LogP contribution in [0.25, 0.3) is 5.57 Å². The van der Waals surface area contributed by atoms with Crippen molar-refractivity contribution in [3.63, 3.8) is 0 Å². The molecule has 1 spiro atoms. The number of hydrogen-bond donors (Lipinski definition) is 1. The molecule has 3 aliphatic heterocycles. The maximum atomic E-state index is 15.0. The number of amides is 1. The van der Waals surface area contributed by atoms with Crippen molar-refractivity contribution in [1.29, 1.82) is 0 Å². The number of ether oxygens (including phenoxy) is 1. The van der Waals surface area contributed by atoms with Crippen molar-refractivity contribution in [2.24, 2.45) is 5.92 Å². The van der Waals surface area contributed by atoms with E-state index in [1.165, 1.54) is 6.07 Å². The summed E-state index contributed by atoms with van der Waals surface area (Å²) in [6.07, 6.45) is 2.02. The summed E-state index contributed by atoms with van der Waals surface area (Å²) in [5, 5.41) is 3.58. The van der Waals surface area contributed by atoms with Crippen LogP contribution in [0.2, 0.25) is 10.0 Å². The van der Waals surface area contributed by atoms with Gasteiger partial charge >= 0.3 is 0 Å². The first-order valence-electron chi connectivity index (χ1n) is 13.9. The minimum atomic E-state index is -1.43. The zero-order valence-electron chi connectivity index (χ0n) is 23.3. The molecule has 0 aromatic heterocycles. The van der Waals surface area contributed by atoms with Crippen LogP contribution >= 0.6 is 23.2 Å². The van der Waals surface area contributed by atoms with Crippen molar-refractivity contribution < 1.29 is 19.1 Å². The van der Waals surface area contributed by atoms with E-state index < -0.39 is 29.2 Å². The summed E-state index contributed by atoms with van der Waals surface area (Å²) in [7, 11) is 1.56. The summed E-state index contributed by atoms with van der Waals surface area (Å²) in [5.74, 6) is -1.56. The molecule has 1 N–H and O–H groups in total. The smallest absolute Gasteiger partial charge is 0.238 e. The first-order valence-corrected chi connectivity index (χ1v) is 14.7. The van der Waals surface area contributed by atoms with Gasteiger partial charge in [-0.3, -0.25) is 14.4 Å². The average molecular weight is 610 g/mol.